The Labute approximate surface area is 112 Å². The van der Waals surface area contributed by atoms with Gasteiger partial charge in [0.25, 0.3) is 0 Å². The number of ether oxygens (including phenoxy) is 1. The third-order valence-corrected chi connectivity index (χ3v) is 2.69. The molecule has 1 aromatic rings. The highest BCUT2D eigenvalue weighted by Crippen LogP contribution is 2.18. The molecular formula is C12H16Cl2N2O. The maximum Gasteiger partial charge on any atom is 0.142 e. The Kier molecular flexibility index (Phi) is 6.34. The van der Waals surface area contributed by atoms with E-state index in [9.17, 15) is 0 Å². The van der Waals surface area contributed by atoms with Crippen LogP contribution in [0.25, 0.3) is 0 Å². The minimum atomic E-state index is 0.259. The average Bonchev–Trinajstić information content (AvgIpc) is 2.34. The lowest BCUT2D eigenvalue weighted by Gasteiger charge is -2.11. The number of pyridine rings is 1. The zero-order chi connectivity index (χ0) is 12.7. The molecule has 0 saturated heterocycles. The molecule has 1 rings (SSSR count). The van der Waals surface area contributed by atoms with Gasteiger partial charge in [-0.25, -0.2) is 0 Å². The van der Waals surface area contributed by atoms with Gasteiger partial charge < -0.3 is 10.1 Å². The molecule has 0 aliphatic carbocycles. The molecule has 0 unspecified atom stereocenters. The quantitative estimate of drug-likeness (QED) is 0.865. The van der Waals surface area contributed by atoms with Crippen LogP contribution in [-0.4, -0.2) is 18.1 Å². The van der Waals surface area contributed by atoms with Crippen molar-refractivity contribution in [3.05, 3.63) is 34.1 Å². The summed E-state index contributed by atoms with van der Waals surface area (Å²) in [4.78, 5) is 4.43. The van der Waals surface area contributed by atoms with Crippen LogP contribution < -0.4 is 10.1 Å². The van der Waals surface area contributed by atoms with Crippen LogP contribution in [0.5, 0.6) is 5.75 Å². The molecule has 1 aromatic heterocycles. The largest absolute Gasteiger partial charge is 0.486 e. The van der Waals surface area contributed by atoms with Gasteiger partial charge in [0.1, 0.15) is 12.4 Å². The first-order chi connectivity index (χ1) is 8.17. The Morgan fingerprint density at radius 3 is 2.94 bits per heavy atom. The van der Waals surface area contributed by atoms with Crippen LogP contribution in [0.1, 0.15) is 18.3 Å². The van der Waals surface area contributed by atoms with E-state index in [0.717, 1.165) is 23.7 Å². The number of hydrogen-bond acceptors (Lipinski definition) is 3. The smallest absolute Gasteiger partial charge is 0.142 e. The van der Waals surface area contributed by atoms with E-state index in [1.165, 1.54) is 5.54 Å². The summed E-state index contributed by atoms with van der Waals surface area (Å²) < 4.78 is 5.55. The molecule has 0 aliphatic heterocycles. The van der Waals surface area contributed by atoms with Crippen LogP contribution in [0.3, 0.4) is 0 Å². The highest BCUT2D eigenvalue weighted by Gasteiger charge is 2.06. The zero-order valence-electron chi connectivity index (χ0n) is 9.96. The molecular weight excluding hydrogens is 259 g/mol. The van der Waals surface area contributed by atoms with Crippen LogP contribution in [-0.2, 0) is 6.54 Å². The van der Waals surface area contributed by atoms with Crippen molar-refractivity contribution in [3.63, 3.8) is 0 Å². The molecule has 5 heteroatoms. The number of nitrogens with one attached hydrogen (secondary N) is 1. The molecule has 0 fully saturated rings. The summed E-state index contributed by atoms with van der Waals surface area (Å²) in [5, 5.41) is 3.68. The zero-order valence-corrected chi connectivity index (χ0v) is 11.5. The lowest BCUT2D eigenvalue weighted by molar-refractivity contribution is 0.351. The van der Waals surface area contributed by atoms with Gasteiger partial charge in [-0.05, 0) is 25.6 Å². The van der Waals surface area contributed by atoms with Gasteiger partial charge in [0, 0.05) is 17.8 Å². The molecule has 94 valence electrons. The van der Waals surface area contributed by atoms with Gasteiger partial charge in [0.05, 0.1) is 10.7 Å². The van der Waals surface area contributed by atoms with E-state index in [4.69, 9.17) is 27.9 Å². The molecule has 0 bridgehead atoms. The number of hydrogen-bond donors (Lipinski definition) is 1. The first-order valence-corrected chi connectivity index (χ1v) is 6.23. The molecule has 0 aliphatic rings. The van der Waals surface area contributed by atoms with Gasteiger partial charge in [-0.15, -0.1) is 0 Å². The third kappa shape index (κ3) is 4.94. The second kappa shape index (κ2) is 7.54. The number of halogens is 2. The molecule has 0 aromatic carbocycles. The van der Waals surface area contributed by atoms with Crippen molar-refractivity contribution in [2.75, 3.05) is 13.2 Å². The molecule has 0 amide bonds. The Morgan fingerprint density at radius 1 is 1.53 bits per heavy atom. The highest BCUT2D eigenvalue weighted by molar-refractivity contribution is 6.36. The van der Waals surface area contributed by atoms with Gasteiger partial charge in [-0.1, -0.05) is 30.1 Å². The Morgan fingerprint density at radius 2 is 2.29 bits per heavy atom. The lowest BCUT2D eigenvalue weighted by Crippen LogP contribution is -2.14. The van der Waals surface area contributed by atoms with Crippen LogP contribution >= 0.6 is 23.2 Å². The number of aromatic nitrogens is 1. The van der Waals surface area contributed by atoms with E-state index in [-0.39, 0.29) is 6.61 Å². The first-order valence-electron chi connectivity index (χ1n) is 5.42. The molecule has 0 spiro atoms. The van der Waals surface area contributed by atoms with E-state index in [0.29, 0.717) is 11.6 Å². The molecule has 0 saturated carbocycles. The molecule has 3 nitrogen and oxygen atoms in total. The highest BCUT2D eigenvalue weighted by atomic mass is 35.5. The van der Waals surface area contributed by atoms with Gasteiger partial charge in [0.2, 0.25) is 0 Å². The van der Waals surface area contributed by atoms with Gasteiger partial charge in [-0.2, -0.15) is 0 Å². The predicted molar refractivity (Wildman–Crippen MR) is 71.6 cm³/mol. The van der Waals surface area contributed by atoms with Gasteiger partial charge in [-0.3, -0.25) is 4.98 Å². The van der Waals surface area contributed by atoms with Gasteiger partial charge >= 0.3 is 0 Å². The van der Waals surface area contributed by atoms with Crippen molar-refractivity contribution < 1.29 is 4.74 Å². The standard InChI is InChI=1S/C12H16Cl2N2O/c1-3-15-7-11-12(5-4-9(2)16-11)17-8-10(14)6-13/h4-6,15H,3,7-8H2,1-2H3. The molecule has 1 heterocycles. The van der Waals surface area contributed by atoms with E-state index < -0.39 is 0 Å². The van der Waals surface area contributed by atoms with Crippen molar-refractivity contribution >= 4 is 23.2 Å². The van der Waals surface area contributed by atoms with E-state index >= 15 is 0 Å². The lowest BCUT2D eigenvalue weighted by atomic mass is 10.3. The second-order valence-electron chi connectivity index (χ2n) is 3.52. The van der Waals surface area contributed by atoms with Crippen LogP contribution in [0.15, 0.2) is 22.7 Å². The molecule has 1 N–H and O–H groups in total. The maximum atomic E-state index is 5.77. The minimum Gasteiger partial charge on any atom is -0.486 e. The summed E-state index contributed by atoms with van der Waals surface area (Å²) in [6.07, 6.45) is 0. The summed E-state index contributed by atoms with van der Waals surface area (Å²) in [7, 11) is 0. The average molecular weight is 275 g/mol. The van der Waals surface area contributed by atoms with Crippen LogP contribution in [0.4, 0.5) is 0 Å². The minimum absolute atomic E-state index is 0.259. The molecule has 0 radical (unpaired) electrons. The van der Waals surface area contributed by atoms with Crippen LogP contribution in [0.2, 0.25) is 0 Å². The van der Waals surface area contributed by atoms with E-state index in [1.54, 1.807) is 0 Å². The summed E-state index contributed by atoms with van der Waals surface area (Å²) in [6, 6.07) is 3.80. The Balaban J connectivity index is 2.75. The summed E-state index contributed by atoms with van der Waals surface area (Å²) in [5.74, 6) is 0.730. The third-order valence-electron chi connectivity index (χ3n) is 2.10. The van der Waals surface area contributed by atoms with Crippen molar-refractivity contribution in [2.24, 2.45) is 0 Å². The van der Waals surface area contributed by atoms with Crippen molar-refractivity contribution in [3.8, 4) is 5.75 Å². The fraction of sp³-hybridized carbons (Fsp3) is 0.417. The van der Waals surface area contributed by atoms with Crippen molar-refractivity contribution in [1.29, 1.82) is 0 Å². The summed E-state index contributed by atoms with van der Waals surface area (Å²) in [6.45, 7) is 5.82. The SMILES string of the molecule is CCNCc1nc(C)ccc1OCC(Cl)=CCl. The van der Waals surface area contributed by atoms with Gasteiger partial charge in [0.15, 0.2) is 0 Å². The fourth-order valence-corrected chi connectivity index (χ4v) is 1.39. The van der Waals surface area contributed by atoms with Crippen molar-refractivity contribution in [2.45, 2.75) is 20.4 Å². The van der Waals surface area contributed by atoms with E-state index in [2.05, 4.69) is 10.3 Å². The monoisotopic (exact) mass is 274 g/mol. The normalized spacial score (nSPS) is 11.6. The topological polar surface area (TPSA) is 34.2 Å². The number of nitrogens with zero attached hydrogens (tertiary/aromatic N) is 1. The number of aryl methyl sites for hydroxylation is 1. The number of rotatable bonds is 6. The fourth-order valence-electron chi connectivity index (χ4n) is 1.28. The van der Waals surface area contributed by atoms with Crippen molar-refractivity contribution in [1.82, 2.24) is 10.3 Å². The predicted octanol–water partition coefficient (Wildman–Crippen LogP) is 3.20. The summed E-state index contributed by atoms with van der Waals surface area (Å²) in [5.41, 5.74) is 3.14. The first kappa shape index (κ1) is 14.3. The second-order valence-corrected chi connectivity index (χ2v) is 4.23. The Bertz CT molecular complexity index is 394. The maximum absolute atomic E-state index is 5.77. The summed E-state index contributed by atoms with van der Waals surface area (Å²) >= 11 is 11.2. The molecule has 0 atom stereocenters. The Hall–Kier alpha value is -0.770. The molecule has 17 heavy (non-hydrogen) atoms. The van der Waals surface area contributed by atoms with E-state index in [1.807, 2.05) is 26.0 Å². The van der Waals surface area contributed by atoms with Crippen LogP contribution in [0, 0.1) is 6.92 Å².